The van der Waals surface area contributed by atoms with Gasteiger partial charge in [0, 0.05) is 19.4 Å². The Labute approximate surface area is 176 Å². The number of esters is 1. The molecule has 2 aromatic heterocycles. The van der Waals surface area contributed by atoms with Crippen LogP contribution in [-0.2, 0) is 16.1 Å². The fourth-order valence-electron chi connectivity index (χ4n) is 2.68. The van der Waals surface area contributed by atoms with Gasteiger partial charge in [-0.3, -0.25) is 9.69 Å². The molecule has 1 aromatic carbocycles. The minimum atomic E-state index is -0.469. The van der Waals surface area contributed by atoms with E-state index in [2.05, 4.69) is 14.7 Å². The van der Waals surface area contributed by atoms with E-state index in [1.807, 2.05) is 12.1 Å². The van der Waals surface area contributed by atoms with E-state index in [-0.39, 0.29) is 12.5 Å². The molecule has 8 nitrogen and oxygen atoms in total. The van der Waals surface area contributed by atoms with Crippen molar-refractivity contribution < 1.29 is 19.1 Å². The van der Waals surface area contributed by atoms with Gasteiger partial charge in [0.25, 0.3) is 0 Å². The molecule has 0 saturated carbocycles. The highest BCUT2D eigenvalue weighted by Gasteiger charge is 2.23. The summed E-state index contributed by atoms with van der Waals surface area (Å²) in [6, 6.07) is 7.21. The topological polar surface area (TPSA) is 93.7 Å². The third-order valence-corrected chi connectivity index (χ3v) is 5.85. The molecule has 0 atom stereocenters. The first-order chi connectivity index (χ1) is 14.0. The second kappa shape index (κ2) is 9.01. The SMILES string of the molecule is CNc1snc(C)c1C(=O)OCc1csc(N(C(C)=O)c2ccccc2OC)n1. The number of nitrogens with one attached hydrogen (secondary N) is 1. The highest BCUT2D eigenvalue weighted by atomic mass is 32.1. The third-order valence-electron chi connectivity index (χ3n) is 4.02. The zero-order chi connectivity index (χ0) is 21.0. The molecule has 3 aromatic rings. The molecule has 0 spiro atoms. The number of amides is 1. The minimum Gasteiger partial charge on any atom is -0.495 e. The second-order valence-corrected chi connectivity index (χ2v) is 7.56. The maximum atomic E-state index is 12.4. The maximum absolute atomic E-state index is 12.4. The Morgan fingerprint density at radius 3 is 2.72 bits per heavy atom. The summed E-state index contributed by atoms with van der Waals surface area (Å²) in [6.45, 7) is 3.21. The van der Waals surface area contributed by atoms with Gasteiger partial charge in [0.1, 0.15) is 22.9 Å². The third kappa shape index (κ3) is 4.38. The number of para-hydroxylation sites is 2. The first-order valence-corrected chi connectivity index (χ1v) is 10.3. The molecule has 2 heterocycles. The van der Waals surface area contributed by atoms with Crippen molar-refractivity contribution in [2.75, 3.05) is 24.4 Å². The molecule has 0 fully saturated rings. The van der Waals surface area contributed by atoms with Crippen molar-refractivity contribution in [3.63, 3.8) is 0 Å². The second-order valence-electron chi connectivity index (χ2n) is 5.95. The number of nitrogens with zero attached hydrogens (tertiary/aromatic N) is 3. The van der Waals surface area contributed by atoms with Gasteiger partial charge >= 0.3 is 5.97 Å². The monoisotopic (exact) mass is 432 g/mol. The Kier molecular flexibility index (Phi) is 6.45. The van der Waals surface area contributed by atoms with Crippen LogP contribution in [0, 0.1) is 6.92 Å². The smallest absolute Gasteiger partial charge is 0.343 e. The Morgan fingerprint density at radius 2 is 2.03 bits per heavy atom. The molecular formula is C19H20N4O4S2. The summed E-state index contributed by atoms with van der Waals surface area (Å²) < 4.78 is 14.9. The van der Waals surface area contributed by atoms with Crippen LogP contribution in [0.3, 0.4) is 0 Å². The van der Waals surface area contributed by atoms with Crippen LogP contribution in [0.4, 0.5) is 15.8 Å². The molecule has 152 valence electrons. The average molecular weight is 433 g/mol. The van der Waals surface area contributed by atoms with Crippen LogP contribution in [0.15, 0.2) is 29.6 Å². The van der Waals surface area contributed by atoms with Crippen LogP contribution in [-0.4, -0.2) is 35.4 Å². The first-order valence-electron chi connectivity index (χ1n) is 8.65. The standard InChI is InChI=1S/C19H20N4O4S2/c1-11-16(17(20-3)29-22-11)18(25)27-9-13-10-28-19(21-13)23(12(2)24)14-7-5-6-8-15(14)26-4/h5-8,10,20H,9H2,1-4H3. The van der Waals surface area contributed by atoms with Crippen LogP contribution < -0.4 is 15.0 Å². The molecule has 0 saturated heterocycles. The predicted octanol–water partition coefficient (Wildman–Crippen LogP) is 4.00. The lowest BCUT2D eigenvalue weighted by molar-refractivity contribution is -0.115. The molecule has 0 aliphatic heterocycles. The van der Waals surface area contributed by atoms with E-state index in [4.69, 9.17) is 9.47 Å². The fraction of sp³-hybridized carbons (Fsp3) is 0.263. The van der Waals surface area contributed by atoms with Crippen molar-refractivity contribution in [3.8, 4) is 5.75 Å². The number of benzene rings is 1. The average Bonchev–Trinajstić information content (AvgIpc) is 3.33. The van der Waals surface area contributed by atoms with Crippen LogP contribution >= 0.6 is 22.9 Å². The lowest BCUT2D eigenvalue weighted by atomic mass is 10.2. The van der Waals surface area contributed by atoms with Crippen molar-refractivity contribution in [1.82, 2.24) is 9.36 Å². The zero-order valence-corrected chi connectivity index (χ0v) is 18.0. The number of hydrogen-bond acceptors (Lipinski definition) is 9. The Morgan fingerprint density at radius 1 is 1.28 bits per heavy atom. The minimum absolute atomic E-state index is 0.00849. The van der Waals surface area contributed by atoms with Gasteiger partial charge in [-0.2, -0.15) is 4.37 Å². The van der Waals surface area contributed by atoms with Crippen LogP contribution in [0.1, 0.15) is 28.7 Å². The molecule has 0 bridgehead atoms. The Bertz CT molecular complexity index is 1030. The zero-order valence-electron chi connectivity index (χ0n) is 16.4. The maximum Gasteiger partial charge on any atom is 0.343 e. The van der Waals surface area contributed by atoms with Crippen molar-refractivity contribution in [2.45, 2.75) is 20.5 Å². The Balaban J connectivity index is 1.78. The molecular weight excluding hydrogens is 412 g/mol. The van der Waals surface area contributed by atoms with Gasteiger partial charge in [0.15, 0.2) is 5.13 Å². The van der Waals surface area contributed by atoms with Gasteiger partial charge in [-0.1, -0.05) is 12.1 Å². The highest BCUT2D eigenvalue weighted by Crippen LogP contribution is 2.35. The largest absolute Gasteiger partial charge is 0.495 e. The van der Waals surface area contributed by atoms with E-state index in [9.17, 15) is 9.59 Å². The lowest BCUT2D eigenvalue weighted by Crippen LogP contribution is -2.23. The molecule has 0 aliphatic rings. The van der Waals surface area contributed by atoms with Gasteiger partial charge in [0.2, 0.25) is 5.91 Å². The van der Waals surface area contributed by atoms with Crippen molar-refractivity contribution >= 4 is 50.6 Å². The fourth-order valence-corrected chi connectivity index (χ4v) is 4.28. The summed E-state index contributed by atoms with van der Waals surface area (Å²) in [5.41, 5.74) is 2.18. The molecule has 1 amide bonds. The summed E-state index contributed by atoms with van der Waals surface area (Å²) >= 11 is 2.49. The van der Waals surface area contributed by atoms with Gasteiger partial charge in [-0.05, 0) is 30.6 Å². The van der Waals surface area contributed by atoms with E-state index in [1.54, 1.807) is 38.6 Å². The van der Waals surface area contributed by atoms with Gasteiger partial charge in [-0.25, -0.2) is 9.78 Å². The van der Waals surface area contributed by atoms with Crippen LogP contribution in [0.25, 0.3) is 0 Å². The molecule has 29 heavy (non-hydrogen) atoms. The number of carbonyl (C=O) groups excluding carboxylic acids is 2. The lowest BCUT2D eigenvalue weighted by Gasteiger charge is -2.20. The van der Waals surface area contributed by atoms with Crippen molar-refractivity contribution in [3.05, 3.63) is 46.6 Å². The number of anilines is 3. The first kappa shape index (κ1) is 20.7. The number of carbonyl (C=O) groups is 2. The summed E-state index contributed by atoms with van der Waals surface area (Å²) in [6.07, 6.45) is 0. The predicted molar refractivity (Wildman–Crippen MR) is 113 cm³/mol. The van der Waals surface area contributed by atoms with E-state index in [0.717, 1.165) is 0 Å². The molecule has 3 rings (SSSR count). The van der Waals surface area contributed by atoms with E-state index < -0.39 is 5.97 Å². The summed E-state index contributed by atoms with van der Waals surface area (Å²) in [7, 11) is 3.27. The number of methoxy groups -OCH3 is 1. The van der Waals surface area contributed by atoms with Crippen molar-refractivity contribution in [2.24, 2.45) is 0 Å². The number of rotatable bonds is 7. The summed E-state index contributed by atoms with van der Waals surface area (Å²) in [4.78, 5) is 30.7. The van der Waals surface area contributed by atoms with Gasteiger partial charge in [-0.15, -0.1) is 11.3 Å². The van der Waals surface area contributed by atoms with E-state index in [1.165, 1.54) is 34.7 Å². The highest BCUT2D eigenvalue weighted by molar-refractivity contribution is 7.14. The normalized spacial score (nSPS) is 10.5. The number of ether oxygens (including phenoxy) is 2. The molecule has 0 aliphatic carbocycles. The van der Waals surface area contributed by atoms with Gasteiger partial charge in [0.05, 0.1) is 24.2 Å². The molecule has 1 N–H and O–H groups in total. The Hall–Kier alpha value is -2.98. The van der Waals surface area contributed by atoms with Crippen LogP contribution in [0.2, 0.25) is 0 Å². The molecule has 0 unspecified atom stereocenters. The number of aromatic nitrogens is 2. The van der Waals surface area contributed by atoms with E-state index in [0.29, 0.717) is 38.5 Å². The molecule has 0 radical (unpaired) electrons. The summed E-state index contributed by atoms with van der Waals surface area (Å²) in [5, 5.41) is 5.82. The number of aryl methyl sites for hydroxylation is 1. The van der Waals surface area contributed by atoms with Crippen LogP contribution in [0.5, 0.6) is 5.75 Å². The summed E-state index contributed by atoms with van der Waals surface area (Å²) in [5.74, 6) is -0.111. The number of hydrogen-bond donors (Lipinski definition) is 1. The quantitative estimate of drug-likeness (QED) is 0.564. The van der Waals surface area contributed by atoms with Gasteiger partial charge < -0.3 is 14.8 Å². The molecule has 10 heteroatoms. The van der Waals surface area contributed by atoms with Crippen molar-refractivity contribution in [1.29, 1.82) is 0 Å². The number of thiazole rings is 1. The van der Waals surface area contributed by atoms with E-state index >= 15 is 0 Å².